The van der Waals surface area contributed by atoms with Gasteiger partial charge in [-0.1, -0.05) is 19.1 Å². The molecule has 1 fully saturated rings. The number of tetrazole rings is 1. The lowest BCUT2D eigenvalue weighted by atomic mass is 9.86. The second-order valence-corrected chi connectivity index (χ2v) is 9.43. The third kappa shape index (κ3) is 5.32. The van der Waals surface area contributed by atoms with Gasteiger partial charge >= 0.3 is 11.7 Å². The Bertz CT molecular complexity index is 1040. The minimum absolute atomic E-state index is 0.0179. The highest BCUT2D eigenvalue weighted by atomic mass is 16.5. The van der Waals surface area contributed by atoms with E-state index in [1.54, 1.807) is 6.07 Å². The van der Waals surface area contributed by atoms with Gasteiger partial charge < -0.3 is 15.0 Å². The third-order valence-electron chi connectivity index (χ3n) is 6.11. The van der Waals surface area contributed by atoms with Crippen LogP contribution in [0.25, 0.3) is 0 Å². The predicted molar refractivity (Wildman–Crippen MR) is 124 cm³/mol. The Kier molecular flexibility index (Phi) is 7.36. The zero-order chi connectivity index (χ0) is 24.2. The van der Waals surface area contributed by atoms with E-state index in [9.17, 15) is 14.4 Å². The zero-order valence-electron chi connectivity index (χ0n) is 20.1. The van der Waals surface area contributed by atoms with Crippen LogP contribution in [-0.4, -0.2) is 68.7 Å². The number of likely N-dealkylation sites (tertiary alicyclic amines) is 1. The molecule has 33 heavy (non-hydrogen) atoms. The number of hydrogen-bond donors (Lipinski definition) is 1. The number of methoxy groups -OCH3 is 1. The Hall–Kier alpha value is -3.01. The van der Waals surface area contributed by atoms with Gasteiger partial charge in [-0.3, -0.25) is 4.79 Å². The van der Waals surface area contributed by atoms with Gasteiger partial charge in [0.1, 0.15) is 5.54 Å². The molecule has 0 unspecified atom stereocenters. The van der Waals surface area contributed by atoms with Crippen molar-refractivity contribution in [2.75, 3.05) is 32.1 Å². The number of benzene rings is 1. The standard InChI is InChI=1S/C23H34N6O4/c1-6-19(30)17-9-7-8-10-18(17)24-23(20(31)33-5)11-13-27(14-12-23)15-16-28-21(32)29(26-25-28)22(2,3)4/h7-10,24H,6,11-16H2,1-5H3. The normalized spacial score (nSPS) is 16.4. The van der Waals surface area contributed by atoms with Crippen molar-refractivity contribution in [2.45, 2.75) is 64.6 Å². The number of esters is 1. The highest BCUT2D eigenvalue weighted by Gasteiger charge is 2.43. The lowest BCUT2D eigenvalue weighted by Gasteiger charge is -2.41. The first-order valence-electron chi connectivity index (χ1n) is 11.4. The first-order chi connectivity index (χ1) is 15.6. The monoisotopic (exact) mass is 458 g/mol. The molecule has 1 saturated heterocycles. The molecule has 1 aliphatic heterocycles. The van der Waals surface area contributed by atoms with E-state index in [4.69, 9.17) is 4.74 Å². The van der Waals surface area contributed by atoms with Crippen LogP contribution in [-0.2, 0) is 21.6 Å². The summed E-state index contributed by atoms with van der Waals surface area (Å²) in [6.45, 7) is 9.84. The van der Waals surface area contributed by atoms with Gasteiger partial charge in [0, 0.05) is 37.3 Å². The molecule has 1 aliphatic rings. The molecule has 0 bridgehead atoms. The fraction of sp³-hybridized carbons (Fsp3) is 0.609. The van der Waals surface area contributed by atoms with Crippen molar-refractivity contribution in [2.24, 2.45) is 0 Å². The number of para-hydroxylation sites is 1. The van der Waals surface area contributed by atoms with Gasteiger partial charge in [-0.15, -0.1) is 0 Å². The summed E-state index contributed by atoms with van der Waals surface area (Å²) in [4.78, 5) is 39.9. The van der Waals surface area contributed by atoms with Crippen molar-refractivity contribution in [3.05, 3.63) is 40.3 Å². The number of hydrogen-bond acceptors (Lipinski definition) is 8. The number of rotatable bonds is 8. The lowest BCUT2D eigenvalue weighted by molar-refractivity contribution is -0.147. The molecule has 1 aromatic heterocycles. The number of aromatic nitrogens is 4. The van der Waals surface area contributed by atoms with Crippen molar-refractivity contribution in [3.63, 3.8) is 0 Å². The smallest absolute Gasteiger partial charge is 0.364 e. The Morgan fingerprint density at radius 2 is 1.79 bits per heavy atom. The van der Waals surface area contributed by atoms with E-state index in [-0.39, 0.29) is 17.4 Å². The largest absolute Gasteiger partial charge is 0.467 e. The summed E-state index contributed by atoms with van der Waals surface area (Å²) in [7, 11) is 1.38. The number of ether oxygens (including phenoxy) is 1. The van der Waals surface area contributed by atoms with Crippen LogP contribution < -0.4 is 11.0 Å². The zero-order valence-corrected chi connectivity index (χ0v) is 20.1. The van der Waals surface area contributed by atoms with Gasteiger partial charge in [-0.05, 0) is 56.2 Å². The van der Waals surface area contributed by atoms with Crippen molar-refractivity contribution in [1.82, 2.24) is 24.7 Å². The summed E-state index contributed by atoms with van der Waals surface area (Å²) >= 11 is 0. The first-order valence-corrected chi connectivity index (χ1v) is 11.4. The highest BCUT2D eigenvalue weighted by Crippen LogP contribution is 2.30. The van der Waals surface area contributed by atoms with Gasteiger partial charge in [-0.25, -0.2) is 9.59 Å². The summed E-state index contributed by atoms with van der Waals surface area (Å²) in [6.07, 6.45) is 1.41. The van der Waals surface area contributed by atoms with Crippen molar-refractivity contribution < 1.29 is 14.3 Å². The SMILES string of the molecule is CCC(=O)c1ccccc1NC1(C(=O)OC)CCN(CCn2nnn(C(C)(C)C)c2=O)CC1. The van der Waals surface area contributed by atoms with Gasteiger partial charge in [0.05, 0.1) is 19.2 Å². The Morgan fingerprint density at radius 1 is 1.12 bits per heavy atom. The maximum absolute atomic E-state index is 12.8. The molecule has 1 aromatic carbocycles. The summed E-state index contributed by atoms with van der Waals surface area (Å²) in [5.41, 5.74) is -0.355. The topological polar surface area (TPSA) is 111 Å². The third-order valence-corrected chi connectivity index (χ3v) is 6.11. The molecule has 10 nitrogen and oxygen atoms in total. The van der Waals surface area contributed by atoms with E-state index in [0.29, 0.717) is 56.7 Å². The van der Waals surface area contributed by atoms with E-state index in [1.807, 2.05) is 45.9 Å². The van der Waals surface area contributed by atoms with Gasteiger partial charge in [-0.2, -0.15) is 9.36 Å². The van der Waals surface area contributed by atoms with E-state index < -0.39 is 11.1 Å². The number of piperidine rings is 1. The number of nitrogens with zero attached hydrogens (tertiary/aromatic N) is 5. The van der Waals surface area contributed by atoms with Crippen molar-refractivity contribution in [3.8, 4) is 0 Å². The van der Waals surface area contributed by atoms with Gasteiger partial charge in [0.25, 0.3) is 0 Å². The molecule has 0 spiro atoms. The minimum Gasteiger partial charge on any atom is -0.467 e. The Labute approximate surface area is 193 Å². The van der Waals surface area contributed by atoms with Gasteiger partial charge in [0.2, 0.25) is 0 Å². The second-order valence-electron chi connectivity index (χ2n) is 9.43. The number of Topliss-reactive ketones (excluding diaryl/α,β-unsaturated/α-hetero) is 1. The second kappa shape index (κ2) is 9.86. The molecule has 0 radical (unpaired) electrons. The number of anilines is 1. The van der Waals surface area contributed by atoms with Crippen LogP contribution in [0.3, 0.4) is 0 Å². The Morgan fingerprint density at radius 3 is 2.36 bits per heavy atom. The molecule has 1 N–H and O–H groups in total. The van der Waals surface area contributed by atoms with Crippen molar-refractivity contribution in [1.29, 1.82) is 0 Å². The maximum Gasteiger partial charge on any atom is 0.364 e. The number of ketones is 1. The minimum atomic E-state index is -0.915. The molecule has 3 rings (SSSR count). The fourth-order valence-corrected chi connectivity index (χ4v) is 4.09. The molecule has 2 heterocycles. The van der Waals surface area contributed by atoms with Crippen LogP contribution in [0, 0.1) is 0 Å². The summed E-state index contributed by atoms with van der Waals surface area (Å²) < 4.78 is 7.89. The summed E-state index contributed by atoms with van der Waals surface area (Å²) in [5.74, 6) is -0.325. The first kappa shape index (κ1) is 24.6. The molecule has 2 aromatic rings. The van der Waals surface area contributed by atoms with Crippen LogP contribution in [0.1, 0.15) is 57.3 Å². The maximum atomic E-state index is 12.8. The molecular formula is C23H34N6O4. The molecule has 0 saturated carbocycles. The van der Waals surface area contributed by atoms with E-state index >= 15 is 0 Å². The van der Waals surface area contributed by atoms with Crippen molar-refractivity contribution >= 4 is 17.4 Å². The van der Waals surface area contributed by atoms with Crippen LogP contribution in [0.5, 0.6) is 0 Å². The van der Waals surface area contributed by atoms with Gasteiger partial charge in [0.15, 0.2) is 5.78 Å². The highest BCUT2D eigenvalue weighted by molar-refractivity contribution is 6.01. The van der Waals surface area contributed by atoms with Crippen LogP contribution in [0.4, 0.5) is 5.69 Å². The van der Waals surface area contributed by atoms with Crippen LogP contribution >= 0.6 is 0 Å². The van der Waals surface area contributed by atoms with E-state index in [2.05, 4.69) is 20.6 Å². The lowest BCUT2D eigenvalue weighted by Crippen LogP contribution is -2.55. The average molecular weight is 459 g/mol. The number of carbonyl (C=O) groups is 2. The molecule has 0 atom stereocenters. The van der Waals surface area contributed by atoms with Crippen LogP contribution in [0.15, 0.2) is 29.1 Å². The predicted octanol–water partition coefficient (Wildman–Crippen LogP) is 1.91. The Balaban J connectivity index is 1.69. The van der Waals surface area contributed by atoms with E-state index in [0.717, 1.165) is 0 Å². The summed E-state index contributed by atoms with van der Waals surface area (Å²) in [5, 5.41) is 11.3. The molecular weight excluding hydrogens is 424 g/mol. The molecule has 0 aliphatic carbocycles. The fourth-order valence-electron chi connectivity index (χ4n) is 4.09. The quantitative estimate of drug-likeness (QED) is 0.472. The number of nitrogens with one attached hydrogen (secondary N) is 1. The number of carbonyl (C=O) groups excluding carboxylic acids is 2. The average Bonchev–Trinajstić information content (AvgIpc) is 3.18. The van der Waals surface area contributed by atoms with E-state index in [1.165, 1.54) is 16.5 Å². The van der Waals surface area contributed by atoms with Crippen LogP contribution in [0.2, 0.25) is 0 Å². The molecule has 0 amide bonds. The summed E-state index contributed by atoms with van der Waals surface area (Å²) in [6, 6.07) is 7.26. The molecule has 10 heteroatoms. The molecule has 180 valence electrons.